The van der Waals surface area contributed by atoms with Gasteiger partial charge in [-0.05, 0) is 74.7 Å². The molecule has 3 fully saturated rings. The van der Waals surface area contributed by atoms with E-state index in [9.17, 15) is 9.90 Å². The summed E-state index contributed by atoms with van der Waals surface area (Å²) in [6.07, 6.45) is 3.55. The summed E-state index contributed by atoms with van der Waals surface area (Å²) < 4.78 is 10.9. The van der Waals surface area contributed by atoms with Crippen molar-refractivity contribution in [3.63, 3.8) is 0 Å². The molecule has 1 aliphatic carbocycles. The minimum Gasteiger partial charge on any atom is -0.488 e. The van der Waals surface area contributed by atoms with Gasteiger partial charge in [0.25, 0.3) is 0 Å². The number of esters is 1. The number of rotatable bonds is 5. The number of hydrogen-bond donors (Lipinski definition) is 2. The topological polar surface area (TPSA) is 71.0 Å². The number of aliphatic hydroxyl groups is 1. The van der Waals surface area contributed by atoms with Crippen LogP contribution in [0.3, 0.4) is 0 Å². The highest BCUT2D eigenvalue weighted by Crippen LogP contribution is 2.38. The van der Waals surface area contributed by atoms with Crippen LogP contribution < -0.4 is 10.1 Å². The van der Waals surface area contributed by atoms with E-state index in [2.05, 4.69) is 10.2 Å². The third-order valence-electron chi connectivity index (χ3n) is 6.68. The van der Waals surface area contributed by atoms with E-state index in [1.54, 1.807) is 18.2 Å². The van der Waals surface area contributed by atoms with Gasteiger partial charge in [0.05, 0.1) is 18.8 Å². The largest absolute Gasteiger partial charge is 0.488 e. The molecule has 4 atom stereocenters. The molecule has 0 spiro atoms. The SMILES string of the molecule is COC(=O)c1cccc(O[C@@H]2C[C@@H]3CN(CC4CCNCC4)C[C@@H]3C[C@H]2O)c1.Cl.Cl. The summed E-state index contributed by atoms with van der Waals surface area (Å²) in [5.41, 5.74) is 0.470. The van der Waals surface area contributed by atoms with Crippen molar-refractivity contribution in [1.82, 2.24) is 10.2 Å². The van der Waals surface area contributed by atoms with E-state index >= 15 is 0 Å². The van der Waals surface area contributed by atoms with Crippen molar-refractivity contribution in [2.24, 2.45) is 17.8 Å². The summed E-state index contributed by atoms with van der Waals surface area (Å²) in [7, 11) is 1.37. The molecule has 4 rings (SSSR count). The van der Waals surface area contributed by atoms with Gasteiger partial charge in [-0.3, -0.25) is 0 Å². The highest BCUT2D eigenvalue weighted by Gasteiger charge is 2.43. The predicted octanol–water partition coefficient (Wildman–Crippen LogP) is 2.77. The average Bonchev–Trinajstić information content (AvgIpc) is 3.09. The number of nitrogens with one attached hydrogen (secondary N) is 1. The number of likely N-dealkylation sites (tertiary alicyclic amines) is 1. The van der Waals surface area contributed by atoms with Crippen molar-refractivity contribution in [1.29, 1.82) is 0 Å². The van der Waals surface area contributed by atoms with Crippen molar-refractivity contribution in [2.45, 2.75) is 37.9 Å². The van der Waals surface area contributed by atoms with Crippen molar-refractivity contribution in [3.8, 4) is 5.75 Å². The number of benzene rings is 1. The zero-order valence-corrected chi connectivity index (χ0v) is 19.1. The first kappa shape index (κ1) is 25.2. The maximum atomic E-state index is 11.7. The fourth-order valence-electron chi connectivity index (χ4n) is 5.18. The van der Waals surface area contributed by atoms with Crippen LogP contribution in [0.1, 0.15) is 36.0 Å². The highest BCUT2D eigenvalue weighted by molar-refractivity contribution is 5.89. The molecule has 1 aromatic carbocycles. The molecule has 8 heteroatoms. The normalized spacial score (nSPS) is 29.3. The molecule has 0 bridgehead atoms. The first-order valence-electron chi connectivity index (χ1n) is 10.6. The molecule has 0 radical (unpaired) electrons. The van der Waals surface area contributed by atoms with Gasteiger partial charge < -0.3 is 24.8 Å². The molecule has 170 valence electrons. The lowest BCUT2D eigenvalue weighted by molar-refractivity contribution is -0.0231. The lowest BCUT2D eigenvalue weighted by Crippen LogP contribution is -2.42. The zero-order valence-electron chi connectivity index (χ0n) is 17.5. The summed E-state index contributed by atoms with van der Waals surface area (Å²) in [4.78, 5) is 14.3. The van der Waals surface area contributed by atoms with Crippen molar-refractivity contribution < 1.29 is 19.4 Å². The van der Waals surface area contributed by atoms with Crippen LogP contribution in [0.2, 0.25) is 0 Å². The summed E-state index contributed by atoms with van der Waals surface area (Å²) >= 11 is 0. The van der Waals surface area contributed by atoms with Gasteiger partial charge in [-0.25, -0.2) is 4.79 Å². The minimum atomic E-state index is -0.457. The van der Waals surface area contributed by atoms with Gasteiger partial charge in [0.1, 0.15) is 11.9 Å². The first-order chi connectivity index (χ1) is 13.6. The Kier molecular flexibility index (Phi) is 9.69. The van der Waals surface area contributed by atoms with Crippen molar-refractivity contribution in [2.75, 3.05) is 39.8 Å². The predicted molar refractivity (Wildman–Crippen MR) is 121 cm³/mol. The van der Waals surface area contributed by atoms with E-state index < -0.39 is 6.10 Å². The summed E-state index contributed by atoms with van der Waals surface area (Å²) in [6.45, 7) is 5.70. The monoisotopic (exact) mass is 460 g/mol. The Morgan fingerprint density at radius 3 is 2.57 bits per heavy atom. The van der Waals surface area contributed by atoms with Crippen LogP contribution in [-0.2, 0) is 4.74 Å². The van der Waals surface area contributed by atoms with Crippen LogP contribution in [0, 0.1) is 17.8 Å². The number of carbonyl (C=O) groups is 1. The Balaban J connectivity index is 0.00000160. The van der Waals surface area contributed by atoms with Gasteiger partial charge in [-0.15, -0.1) is 24.8 Å². The van der Waals surface area contributed by atoms with Crippen LogP contribution in [0.5, 0.6) is 5.75 Å². The third-order valence-corrected chi connectivity index (χ3v) is 6.68. The lowest BCUT2D eigenvalue weighted by Gasteiger charge is -2.35. The molecular formula is C22H34Cl2N2O4. The van der Waals surface area contributed by atoms with Crippen molar-refractivity contribution >= 4 is 30.8 Å². The number of carbonyl (C=O) groups excluding carboxylic acids is 1. The Hall–Kier alpha value is -1.05. The zero-order chi connectivity index (χ0) is 19.5. The maximum Gasteiger partial charge on any atom is 0.337 e. The third kappa shape index (κ3) is 6.01. The van der Waals surface area contributed by atoms with Crippen LogP contribution >= 0.6 is 24.8 Å². The fraction of sp³-hybridized carbons (Fsp3) is 0.682. The standard InChI is InChI=1S/C22H32N2O4.2ClH/c1-27-22(26)16-3-2-4-19(9-16)28-21-11-18-14-24(13-17(18)10-20(21)25)12-15-5-7-23-8-6-15;;/h2-4,9,15,17-18,20-21,23,25H,5-8,10-14H2,1H3;2*1H/t17-,18+,20+,21+;;/m0../s1. The molecular weight excluding hydrogens is 427 g/mol. The molecule has 2 heterocycles. The van der Waals surface area contributed by atoms with Crippen LogP contribution in [0.4, 0.5) is 0 Å². The molecule has 0 unspecified atom stereocenters. The molecule has 2 saturated heterocycles. The Morgan fingerprint density at radius 1 is 1.17 bits per heavy atom. The van der Waals surface area contributed by atoms with Crippen molar-refractivity contribution in [3.05, 3.63) is 29.8 Å². The molecule has 1 aromatic rings. The summed E-state index contributed by atoms with van der Waals surface area (Å²) in [5, 5.41) is 14.1. The molecule has 30 heavy (non-hydrogen) atoms. The van der Waals surface area contributed by atoms with E-state index in [-0.39, 0.29) is 36.9 Å². The van der Waals surface area contributed by atoms with Gasteiger partial charge in [-0.2, -0.15) is 0 Å². The fourth-order valence-corrected chi connectivity index (χ4v) is 5.18. The number of piperidine rings is 1. The smallest absolute Gasteiger partial charge is 0.337 e. The molecule has 2 aliphatic heterocycles. The molecule has 0 amide bonds. The number of ether oxygens (including phenoxy) is 2. The highest BCUT2D eigenvalue weighted by atomic mass is 35.5. The van der Waals surface area contributed by atoms with Gasteiger partial charge in [0, 0.05) is 19.6 Å². The van der Waals surface area contributed by atoms with E-state index in [4.69, 9.17) is 9.47 Å². The van der Waals surface area contributed by atoms with Gasteiger partial charge in [0.15, 0.2) is 0 Å². The van der Waals surface area contributed by atoms with E-state index in [1.165, 1.54) is 26.5 Å². The van der Waals surface area contributed by atoms with Crippen LogP contribution in [0.15, 0.2) is 24.3 Å². The second-order valence-electron chi connectivity index (χ2n) is 8.65. The Labute approximate surface area is 191 Å². The van der Waals surface area contributed by atoms with E-state index in [0.717, 1.165) is 44.9 Å². The summed E-state index contributed by atoms with van der Waals surface area (Å²) in [5.74, 6) is 2.20. The Morgan fingerprint density at radius 2 is 1.87 bits per heavy atom. The molecule has 3 aliphatic rings. The first-order valence-corrected chi connectivity index (χ1v) is 10.6. The number of aliphatic hydroxyl groups excluding tert-OH is 1. The molecule has 0 aromatic heterocycles. The molecule has 1 saturated carbocycles. The van der Waals surface area contributed by atoms with Gasteiger partial charge in [0.2, 0.25) is 0 Å². The van der Waals surface area contributed by atoms with Gasteiger partial charge in [-0.1, -0.05) is 6.07 Å². The lowest BCUT2D eigenvalue weighted by atomic mass is 9.78. The number of halogens is 2. The average molecular weight is 461 g/mol. The number of fused-ring (bicyclic) bond motifs is 1. The minimum absolute atomic E-state index is 0. The number of methoxy groups -OCH3 is 1. The molecule has 6 nitrogen and oxygen atoms in total. The van der Waals surface area contributed by atoms with Crippen LogP contribution in [0.25, 0.3) is 0 Å². The maximum absolute atomic E-state index is 11.7. The van der Waals surface area contributed by atoms with E-state index in [1.807, 2.05) is 6.07 Å². The number of hydrogen-bond acceptors (Lipinski definition) is 6. The second-order valence-corrected chi connectivity index (χ2v) is 8.65. The second kappa shape index (κ2) is 11.5. The molecule has 2 N–H and O–H groups in total. The van der Waals surface area contributed by atoms with Gasteiger partial charge >= 0.3 is 5.97 Å². The number of nitrogens with zero attached hydrogens (tertiary/aromatic N) is 1. The quantitative estimate of drug-likeness (QED) is 0.658. The summed E-state index contributed by atoms with van der Waals surface area (Å²) in [6, 6.07) is 7.03. The van der Waals surface area contributed by atoms with E-state index in [0.29, 0.717) is 23.1 Å². The Bertz CT molecular complexity index is 687. The van der Waals surface area contributed by atoms with Crippen LogP contribution in [-0.4, -0.2) is 68.0 Å².